The summed E-state index contributed by atoms with van der Waals surface area (Å²) >= 11 is 0. The Morgan fingerprint density at radius 1 is 1.45 bits per heavy atom. The van der Waals surface area contributed by atoms with E-state index in [1.54, 1.807) is 6.92 Å². The van der Waals surface area contributed by atoms with Crippen LogP contribution in [0.4, 0.5) is 0 Å². The summed E-state index contributed by atoms with van der Waals surface area (Å²) in [4.78, 5) is 10.6. The molecule has 0 saturated heterocycles. The molecule has 0 unspecified atom stereocenters. The van der Waals surface area contributed by atoms with Gasteiger partial charge in [-0.3, -0.25) is 4.79 Å². The zero-order valence-electron chi connectivity index (χ0n) is 7.39. The van der Waals surface area contributed by atoms with E-state index in [9.17, 15) is 4.79 Å². The van der Waals surface area contributed by atoms with Crippen molar-refractivity contribution in [3.05, 3.63) is 0 Å². The summed E-state index contributed by atoms with van der Waals surface area (Å²) in [5, 5.41) is 2.87. The minimum atomic E-state index is 0.103. The SMILES string of the molecule is CC[C@@H]1CC[C@H]1CNC(C)=O. The van der Waals surface area contributed by atoms with Crippen LogP contribution >= 0.6 is 0 Å². The van der Waals surface area contributed by atoms with Crippen LogP contribution in [0.15, 0.2) is 0 Å². The van der Waals surface area contributed by atoms with Gasteiger partial charge in [-0.05, 0) is 24.7 Å². The number of amides is 1. The first-order chi connectivity index (χ1) is 5.24. The average molecular weight is 155 g/mol. The Morgan fingerprint density at radius 2 is 2.09 bits per heavy atom. The van der Waals surface area contributed by atoms with E-state index in [-0.39, 0.29) is 5.91 Å². The first kappa shape index (κ1) is 8.57. The summed E-state index contributed by atoms with van der Waals surface area (Å²) in [5.74, 6) is 1.75. The summed E-state index contributed by atoms with van der Waals surface area (Å²) in [6.45, 7) is 4.71. The molecular formula is C9H17NO. The fraction of sp³-hybridized carbons (Fsp3) is 0.889. The lowest BCUT2D eigenvalue weighted by Gasteiger charge is -2.35. The van der Waals surface area contributed by atoms with Gasteiger partial charge in [-0.2, -0.15) is 0 Å². The van der Waals surface area contributed by atoms with Crippen LogP contribution in [0, 0.1) is 11.8 Å². The molecule has 1 amide bonds. The highest BCUT2D eigenvalue weighted by Crippen LogP contribution is 2.35. The van der Waals surface area contributed by atoms with Gasteiger partial charge in [0.15, 0.2) is 0 Å². The van der Waals surface area contributed by atoms with E-state index in [4.69, 9.17) is 0 Å². The van der Waals surface area contributed by atoms with Gasteiger partial charge in [0.1, 0.15) is 0 Å². The number of rotatable bonds is 3. The third-order valence-electron chi connectivity index (χ3n) is 2.71. The van der Waals surface area contributed by atoms with Crippen LogP contribution in [-0.2, 0) is 4.79 Å². The number of carbonyl (C=O) groups is 1. The fourth-order valence-corrected chi connectivity index (χ4v) is 1.72. The normalized spacial score (nSPS) is 29.3. The predicted molar refractivity (Wildman–Crippen MR) is 45.2 cm³/mol. The first-order valence-corrected chi connectivity index (χ1v) is 4.48. The second-order valence-electron chi connectivity index (χ2n) is 3.44. The molecule has 0 aliphatic heterocycles. The van der Waals surface area contributed by atoms with E-state index < -0.39 is 0 Å². The lowest BCUT2D eigenvalue weighted by atomic mass is 9.72. The van der Waals surface area contributed by atoms with Crippen LogP contribution in [0.25, 0.3) is 0 Å². The maximum atomic E-state index is 10.6. The molecule has 0 bridgehead atoms. The summed E-state index contributed by atoms with van der Waals surface area (Å²) in [6.07, 6.45) is 3.93. The highest BCUT2D eigenvalue weighted by Gasteiger charge is 2.28. The molecule has 0 aromatic heterocycles. The second kappa shape index (κ2) is 3.74. The van der Waals surface area contributed by atoms with Gasteiger partial charge in [0.25, 0.3) is 0 Å². The molecule has 1 saturated carbocycles. The molecule has 0 aromatic carbocycles. The molecule has 2 atom stereocenters. The molecule has 11 heavy (non-hydrogen) atoms. The molecule has 0 radical (unpaired) electrons. The molecule has 0 heterocycles. The minimum absolute atomic E-state index is 0.103. The van der Waals surface area contributed by atoms with Crippen molar-refractivity contribution in [3.63, 3.8) is 0 Å². The van der Waals surface area contributed by atoms with Gasteiger partial charge in [0, 0.05) is 13.5 Å². The smallest absolute Gasteiger partial charge is 0.216 e. The van der Waals surface area contributed by atoms with Crippen molar-refractivity contribution in [2.24, 2.45) is 11.8 Å². The first-order valence-electron chi connectivity index (χ1n) is 4.48. The van der Waals surface area contributed by atoms with Crippen molar-refractivity contribution < 1.29 is 4.79 Å². The van der Waals surface area contributed by atoms with E-state index in [1.165, 1.54) is 19.3 Å². The van der Waals surface area contributed by atoms with E-state index in [0.29, 0.717) is 0 Å². The Morgan fingerprint density at radius 3 is 2.45 bits per heavy atom. The van der Waals surface area contributed by atoms with Crippen molar-refractivity contribution in [2.75, 3.05) is 6.54 Å². The van der Waals surface area contributed by atoms with Gasteiger partial charge in [-0.15, -0.1) is 0 Å². The van der Waals surface area contributed by atoms with Gasteiger partial charge in [-0.1, -0.05) is 13.3 Å². The number of nitrogens with one attached hydrogen (secondary N) is 1. The molecule has 0 spiro atoms. The lowest BCUT2D eigenvalue weighted by molar-refractivity contribution is -0.119. The molecule has 2 nitrogen and oxygen atoms in total. The third-order valence-corrected chi connectivity index (χ3v) is 2.71. The maximum Gasteiger partial charge on any atom is 0.216 e. The second-order valence-corrected chi connectivity index (χ2v) is 3.44. The van der Waals surface area contributed by atoms with Gasteiger partial charge in [0.2, 0.25) is 5.91 Å². The Hall–Kier alpha value is -0.530. The zero-order valence-corrected chi connectivity index (χ0v) is 7.39. The van der Waals surface area contributed by atoms with Gasteiger partial charge >= 0.3 is 0 Å². The number of carbonyl (C=O) groups excluding carboxylic acids is 1. The molecule has 1 N–H and O–H groups in total. The van der Waals surface area contributed by atoms with Crippen LogP contribution in [0.1, 0.15) is 33.1 Å². The molecule has 1 rings (SSSR count). The summed E-state index contributed by atoms with van der Waals surface area (Å²) in [7, 11) is 0. The predicted octanol–water partition coefficient (Wildman–Crippen LogP) is 1.56. The number of hydrogen-bond donors (Lipinski definition) is 1. The highest BCUT2D eigenvalue weighted by molar-refractivity contribution is 5.72. The molecule has 1 aliphatic carbocycles. The standard InChI is InChI=1S/C9H17NO/c1-3-8-4-5-9(8)6-10-7(2)11/h8-9H,3-6H2,1-2H3,(H,10,11)/t8-,9+/m1/s1. The van der Waals surface area contributed by atoms with Gasteiger partial charge < -0.3 is 5.32 Å². The van der Waals surface area contributed by atoms with Gasteiger partial charge in [-0.25, -0.2) is 0 Å². The van der Waals surface area contributed by atoms with E-state index in [1.807, 2.05) is 0 Å². The quantitative estimate of drug-likeness (QED) is 0.658. The lowest BCUT2D eigenvalue weighted by Crippen LogP contribution is -2.36. The van der Waals surface area contributed by atoms with Gasteiger partial charge in [0.05, 0.1) is 0 Å². The maximum absolute atomic E-state index is 10.6. The molecule has 2 heteroatoms. The van der Waals surface area contributed by atoms with Crippen LogP contribution < -0.4 is 5.32 Å². The molecule has 64 valence electrons. The molecule has 0 aromatic rings. The monoisotopic (exact) mass is 155 g/mol. The minimum Gasteiger partial charge on any atom is -0.356 e. The molecule has 1 fully saturated rings. The van der Waals surface area contributed by atoms with Crippen molar-refractivity contribution in [2.45, 2.75) is 33.1 Å². The van der Waals surface area contributed by atoms with E-state index in [0.717, 1.165) is 18.4 Å². The number of hydrogen-bond acceptors (Lipinski definition) is 1. The summed E-state index contributed by atoms with van der Waals surface area (Å²) < 4.78 is 0. The van der Waals surface area contributed by atoms with Crippen LogP contribution in [0.3, 0.4) is 0 Å². The molecule has 1 aliphatic rings. The van der Waals surface area contributed by atoms with Crippen molar-refractivity contribution in [3.8, 4) is 0 Å². The largest absolute Gasteiger partial charge is 0.356 e. The highest BCUT2D eigenvalue weighted by atomic mass is 16.1. The van der Waals surface area contributed by atoms with Crippen molar-refractivity contribution in [1.29, 1.82) is 0 Å². The summed E-state index contributed by atoms with van der Waals surface area (Å²) in [5.41, 5.74) is 0. The van der Waals surface area contributed by atoms with Crippen LogP contribution in [-0.4, -0.2) is 12.5 Å². The molecular weight excluding hydrogens is 138 g/mol. The third kappa shape index (κ3) is 2.21. The van der Waals surface area contributed by atoms with Crippen LogP contribution in [0.2, 0.25) is 0 Å². The Balaban J connectivity index is 2.12. The van der Waals surface area contributed by atoms with E-state index in [2.05, 4.69) is 12.2 Å². The van der Waals surface area contributed by atoms with Crippen LogP contribution in [0.5, 0.6) is 0 Å². The average Bonchev–Trinajstić information content (AvgIpc) is 1.86. The Bertz CT molecular complexity index is 142. The Labute approximate surface area is 68.4 Å². The fourth-order valence-electron chi connectivity index (χ4n) is 1.72. The van der Waals surface area contributed by atoms with Crippen molar-refractivity contribution in [1.82, 2.24) is 5.32 Å². The topological polar surface area (TPSA) is 29.1 Å². The van der Waals surface area contributed by atoms with E-state index >= 15 is 0 Å². The Kier molecular flexibility index (Phi) is 2.92. The summed E-state index contributed by atoms with van der Waals surface area (Å²) in [6, 6.07) is 0. The zero-order chi connectivity index (χ0) is 8.27. The van der Waals surface area contributed by atoms with Crippen molar-refractivity contribution >= 4 is 5.91 Å².